The monoisotopic (exact) mass is 205 g/mol. The van der Waals surface area contributed by atoms with E-state index in [1.54, 1.807) is 13.2 Å². The van der Waals surface area contributed by atoms with E-state index in [9.17, 15) is 4.79 Å². The molecule has 0 bridgehead atoms. The number of hydrogen-bond acceptors (Lipinski definition) is 3. The molecular formula is C11H11NO3. The lowest BCUT2D eigenvalue weighted by atomic mass is 10.2. The van der Waals surface area contributed by atoms with Crippen LogP contribution in [0.1, 0.15) is 12.8 Å². The highest BCUT2D eigenvalue weighted by Gasteiger charge is 2.55. The van der Waals surface area contributed by atoms with Gasteiger partial charge in [-0.2, -0.15) is 0 Å². The number of methoxy groups -OCH3 is 1. The predicted octanol–water partition coefficient (Wildman–Crippen LogP) is 1.56. The quantitative estimate of drug-likeness (QED) is 0.756. The average Bonchev–Trinajstić information content (AvgIpc) is 3.00. The molecule has 2 aliphatic rings. The van der Waals surface area contributed by atoms with Gasteiger partial charge in [-0.15, -0.1) is 0 Å². The smallest absolute Gasteiger partial charge is 0.268 e. The van der Waals surface area contributed by atoms with Gasteiger partial charge in [0.25, 0.3) is 5.91 Å². The Balaban J connectivity index is 2.01. The van der Waals surface area contributed by atoms with Gasteiger partial charge >= 0.3 is 0 Å². The summed E-state index contributed by atoms with van der Waals surface area (Å²) >= 11 is 0. The number of amides is 1. The Hall–Kier alpha value is -1.71. The Labute approximate surface area is 87.2 Å². The van der Waals surface area contributed by atoms with Crippen molar-refractivity contribution in [3.8, 4) is 11.5 Å². The zero-order valence-corrected chi connectivity index (χ0v) is 8.37. The van der Waals surface area contributed by atoms with Crippen LogP contribution in [0.5, 0.6) is 11.5 Å². The summed E-state index contributed by atoms with van der Waals surface area (Å²) in [5, 5.41) is 2.84. The number of nitrogens with one attached hydrogen (secondary N) is 1. The first kappa shape index (κ1) is 8.59. The third kappa shape index (κ3) is 1.17. The van der Waals surface area contributed by atoms with E-state index in [0.717, 1.165) is 18.6 Å². The maximum absolute atomic E-state index is 11.7. The number of anilines is 1. The number of benzene rings is 1. The van der Waals surface area contributed by atoms with Crippen LogP contribution < -0.4 is 14.8 Å². The molecule has 78 valence electrons. The third-order valence-corrected chi connectivity index (χ3v) is 2.86. The second-order valence-corrected chi connectivity index (χ2v) is 3.91. The molecule has 15 heavy (non-hydrogen) atoms. The number of ether oxygens (including phenoxy) is 2. The van der Waals surface area contributed by atoms with Gasteiger partial charge in [0.2, 0.25) is 0 Å². The second kappa shape index (κ2) is 2.66. The van der Waals surface area contributed by atoms with Crippen LogP contribution in [-0.4, -0.2) is 18.6 Å². The Bertz CT molecular complexity index is 437. The zero-order chi connectivity index (χ0) is 10.5. The minimum Gasteiger partial charge on any atom is -0.497 e. The summed E-state index contributed by atoms with van der Waals surface area (Å²) in [4.78, 5) is 11.7. The van der Waals surface area contributed by atoms with Gasteiger partial charge in [0, 0.05) is 18.9 Å². The molecule has 0 radical (unpaired) electrons. The van der Waals surface area contributed by atoms with E-state index in [4.69, 9.17) is 9.47 Å². The molecule has 0 unspecified atom stereocenters. The summed E-state index contributed by atoms with van der Waals surface area (Å²) in [6.45, 7) is 0. The van der Waals surface area contributed by atoms with Crippen molar-refractivity contribution in [2.24, 2.45) is 0 Å². The lowest BCUT2D eigenvalue weighted by Gasteiger charge is -2.25. The van der Waals surface area contributed by atoms with Crippen molar-refractivity contribution < 1.29 is 14.3 Å². The Morgan fingerprint density at radius 2 is 2.27 bits per heavy atom. The molecule has 4 heteroatoms. The van der Waals surface area contributed by atoms with Crippen molar-refractivity contribution in [1.29, 1.82) is 0 Å². The number of fused-ring (bicyclic) bond motifs is 1. The third-order valence-electron chi connectivity index (χ3n) is 2.86. The van der Waals surface area contributed by atoms with Crippen LogP contribution in [0.3, 0.4) is 0 Å². The van der Waals surface area contributed by atoms with E-state index in [-0.39, 0.29) is 5.91 Å². The van der Waals surface area contributed by atoms with Crippen molar-refractivity contribution in [3.63, 3.8) is 0 Å². The molecule has 4 nitrogen and oxygen atoms in total. The van der Waals surface area contributed by atoms with Gasteiger partial charge in [-0.25, -0.2) is 0 Å². The van der Waals surface area contributed by atoms with Gasteiger partial charge in [-0.3, -0.25) is 4.79 Å². The van der Waals surface area contributed by atoms with E-state index in [2.05, 4.69) is 5.32 Å². The largest absolute Gasteiger partial charge is 0.497 e. The molecule has 3 rings (SSSR count). The van der Waals surface area contributed by atoms with Gasteiger partial charge in [-0.1, -0.05) is 0 Å². The molecule has 1 aromatic rings. The molecule has 0 atom stereocenters. The Morgan fingerprint density at radius 1 is 1.47 bits per heavy atom. The van der Waals surface area contributed by atoms with E-state index in [1.807, 2.05) is 12.1 Å². The Morgan fingerprint density at radius 3 is 2.93 bits per heavy atom. The number of carbonyl (C=O) groups is 1. The predicted molar refractivity (Wildman–Crippen MR) is 54.2 cm³/mol. The fourth-order valence-electron chi connectivity index (χ4n) is 1.76. The topological polar surface area (TPSA) is 47.6 Å². The summed E-state index contributed by atoms with van der Waals surface area (Å²) in [6, 6.07) is 5.42. The highest BCUT2D eigenvalue weighted by molar-refractivity contribution is 6.02. The van der Waals surface area contributed by atoms with Crippen LogP contribution in [0.15, 0.2) is 18.2 Å². The van der Waals surface area contributed by atoms with Crippen LogP contribution in [0.2, 0.25) is 0 Å². The molecule has 1 aromatic carbocycles. The maximum Gasteiger partial charge on any atom is 0.268 e. The molecule has 1 aliphatic heterocycles. The highest BCUT2D eigenvalue weighted by atomic mass is 16.5. The number of carbonyl (C=O) groups excluding carboxylic acids is 1. The summed E-state index contributed by atoms with van der Waals surface area (Å²) in [6.07, 6.45) is 1.62. The van der Waals surface area contributed by atoms with Gasteiger partial charge in [0.05, 0.1) is 12.8 Å². The minimum absolute atomic E-state index is 0.0387. The molecule has 1 saturated carbocycles. The first-order chi connectivity index (χ1) is 7.23. The summed E-state index contributed by atoms with van der Waals surface area (Å²) in [5.74, 6) is 1.40. The van der Waals surface area contributed by atoms with Gasteiger partial charge in [0.1, 0.15) is 11.5 Å². The standard InChI is InChI=1S/C11H11NO3/c1-14-7-2-3-9-8(6-7)12-10(13)11(15-9)4-5-11/h2-3,6H,4-5H2,1H3,(H,12,13). The van der Waals surface area contributed by atoms with Crippen LogP contribution >= 0.6 is 0 Å². The molecule has 1 aliphatic carbocycles. The Kier molecular flexibility index (Phi) is 1.52. The van der Waals surface area contributed by atoms with Gasteiger partial charge in [0.15, 0.2) is 5.60 Å². The normalized spacial score (nSPS) is 20.2. The summed E-state index contributed by atoms with van der Waals surface area (Å²) in [5.41, 5.74) is 0.124. The van der Waals surface area contributed by atoms with E-state index in [0.29, 0.717) is 11.4 Å². The van der Waals surface area contributed by atoms with Crippen molar-refractivity contribution in [2.45, 2.75) is 18.4 Å². The molecule has 0 saturated heterocycles. The van der Waals surface area contributed by atoms with Crippen molar-refractivity contribution >= 4 is 11.6 Å². The highest BCUT2D eigenvalue weighted by Crippen LogP contribution is 2.47. The summed E-state index contributed by atoms with van der Waals surface area (Å²) < 4.78 is 10.8. The lowest BCUT2D eigenvalue weighted by Crippen LogP contribution is -2.38. The van der Waals surface area contributed by atoms with Gasteiger partial charge < -0.3 is 14.8 Å². The van der Waals surface area contributed by atoms with Crippen LogP contribution in [-0.2, 0) is 4.79 Å². The second-order valence-electron chi connectivity index (χ2n) is 3.91. The zero-order valence-electron chi connectivity index (χ0n) is 8.37. The average molecular weight is 205 g/mol. The fraction of sp³-hybridized carbons (Fsp3) is 0.364. The molecule has 1 spiro atoms. The van der Waals surface area contributed by atoms with Crippen molar-refractivity contribution in [1.82, 2.24) is 0 Å². The molecular weight excluding hydrogens is 194 g/mol. The van der Waals surface area contributed by atoms with E-state index >= 15 is 0 Å². The van der Waals surface area contributed by atoms with Crippen LogP contribution in [0.25, 0.3) is 0 Å². The SMILES string of the molecule is COc1ccc2c(c1)NC(=O)C1(CC1)O2. The number of hydrogen-bond donors (Lipinski definition) is 1. The summed E-state index contributed by atoms with van der Waals surface area (Å²) in [7, 11) is 1.59. The van der Waals surface area contributed by atoms with Crippen LogP contribution in [0.4, 0.5) is 5.69 Å². The van der Waals surface area contributed by atoms with Crippen LogP contribution in [0, 0.1) is 0 Å². The number of rotatable bonds is 1. The fourth-order valence-corrected chi connectivity index (χ4v) is 1.76. The van der Waals surface area contributed by atoms with E-state index < -0.39 is 5.60 Å². The van der Waals surface area contributed by atoms with Crippen molar-refractivity contribution in [3.05, 3.63) is 18.2 Å². The van der Waals surface area contributed by atoms with Gasteiger partial charge in [-0.05, 0) is 12.1 Å². The first-order valence-electron chi connectivity index (χ1n) is 4.92. The van der Waals surface area contributed by atoms with Crippen molar-refractivity contribution in [2.75, 3.05) is 12.4 Å². The minimum atomic E-state index is -0.568. The molecule has 1 heterocycles. The molecule has 0 aromatic heterocycles. The molecule has 1 fully saturated rings. The molecule has 1 amide bonds. The van der Waals surface area contributed by atoms with E-state index in [1.165, 1.54) is 0 Å². The maximum atomic E-state index is 11.7. The first-order valence-corrected chi connectivity index (χ1v) is 4.92. The molecule has 1 N–H and O–H groups in total. The lowest BCUT2D eigenvalue weighted by molar-refractivity contribution is -0.125.